The van der Waals surface area contributed by atoms with Gasteiger partial charge in [-0.3, -0.25) is 0 Å². The first-order chi connectivity index (χ1) is 15.2. The van der Waals surface area contributed by atoms with Crippen molar-refractivity contribution in [3.8, 4) is 5.75 Å². The highest BCUT2D eigenvalue weighted by Crippen LogP contribution is 2.39. The number of esters is 1. The lowest BCUT2D eigenvalue weighted by atomic mass is 9.73. The number of nitrogens with one attached hydrogen (secondary N) is 1. The first kappa shape index (κ1) is 22.3. The lowest BCUT2D eigenvalue weighted by Gasteiger charge is -2.46. The molecule has 0 spiro atoms. The van der Waals surface area contributed by atoms with E-state index >= 15 is 0 Å². The van der Waals surface area contributed by atoms with Gasteiger partial charge in [0.15, 0.2) is 0 Å². The van der Waals surface area contributed by atoms with Gasteiger partial charge in [-0.2, -0.15) is 0 Å². The molecule has 1 aliphatic carbocycles. The second-order valence-electron chi connectivity index (χ2n) is 10.3. The molecule has 0 bridgehead atoms. The topological polar surface area (TPSA) is 38.3 Å². The van der Waals surface area contributed by atoms with Gasteiger partial charge in [0.25, 0.3) is 0 Å². The zero-order valence-electron chi connectivity index (χ0n) is 19.5. The maximum Gasteiger partial charge on any atom is 0.343 e. The van der Waals surface area contributed by atoms with Crippen LogP contribution in [-0.4, -0.2) is 17.0 Å². The highest BCUT2D eigenvalue weighted by molar-refractivity contribution is 5.91. The van der Waals surface area contributed by atoms with Gasteiger partial charge in [-0.05, 0) is 81.8 Å². The zero-order valence-corrected chi connectivity index (χ0v) is 19.5. The van der Waals surface area contributed by atoms with E-state index in [9.17, 15) is 4.79 Å². The Morgan fingerprint density at radius 1 is 0.781 bits per heavy atom. The van der Waals surface area contributed by atoms with Crippen LogP contribution in [0, 0.1) is 0 Å². The first-order valence-electron chi connectivity index (χ1n) is 11.4. The van der Waals surface area contributed by atoms with Crippen LogP contribution in [0.4, 0.5) is 0 Å². The van der Waals surface area contributed by atoms with Crippen molar-refractivity contribution in [2.45, 2.75) is 63.5 Å². The Labute approximate surface area is 191 Å². The Morgan fingerprint density at radius 3 is 1.88 bits per heavy atom. The molecule has 0 aromatic heterocycles. The van der Waals surface area contributed by atoms with Crippen molar-refractivity contribution < 1.29 is 9.53 Å². The Morgan fingerprint density at radius 2 is 1.31 bits per heavy atom. The fourth-order valence-corrected chi connectivity index (χ4v) is 5.16. The largest absolute Gasteiger partial charge is 0.423 e. The average Bonchev–Trinajstić information content (AvgIpc) is 3.02. The molecular weight excluding hydrogens is 394 g/mol. The van der Waals surface area contributed by atoms with Crippen LogP contribution in [0.2, 0.25) is 0 Å². The predicted molar refractivity (Wildman–Crippen MR) is 131 cm³/mol. The van der Waals surface area contributed by atoms with E-state index in [0.717, 1.165) is 18.4 Å². The summed E-state index contributed by atoms with van der Waals surface area (Å²) in [5.41, 5.74) is 3.20. The molecule has 1 aliphatic heterocycles. The van der Waals surface area contributed by atoms with Crippen molar-refractivity contribution in [1.29, 1.82) is 0 Å². The van der Waals surface area contributed by atoms with Crippen LogP contribution in [-0.2, 0) is 0 Å². The molecule has 0 saturated carbocycles. The minimum absolute atomic E-state index is 0.0998. The summed E-state index contributed by atoms with van der Waals surface area (Å²) in [5, 5.41) is 3.74. The van der Waals surface area contributed by atoms with E-state index in [1.54, 1.807) is 0 Å². The molecule has 0 unspecified atom stereocenters. The summed E-state index contributed by atoms with van der Waals surface area (Å²) in [6.07, 6.45) is 14.6. The Hall–Kier alpha value is -2.91. The third kappa shape index (κ3) is 5.46. The van der Waals surface area contributed by atoms with Crippen LogP contribution < -0.4 is 10.1 Å². The molecule has 3 heteroatoms. The predicted octanol–water partition coefficient (Wildman–Crippen LogP) is 6.70. The number of piperidine rings is 1. The zero-order chi connectivity index (χ0) is 22.8. The van der Waals surface area contributed by atoms with Crippen LogP contribution in [0.5, 0.6) is 5.75 Å². The summed E-state index contributed by atoms with van der Waals surface area (Å²) < 4.78 is 5.64. The molecule has 0 radical (unpaired) electrons. The standard InChI is InChI=1S/C29H33NO2/c1-28(2)19-25(20-29(3,4)30-28)23-15-17-26(18-16-23)32-27(31)24-13-11-22(12-14-24)21-9-7-5-6-8-10-21/h5-18,21,25,30H,19-20H2,1-4H3. The maximum absolute atomic E-state index is 12.6. The van der Waals surface area contributed by atoms with Crippen molar-refractivity contribution >= 4 is 5.97 Å². The third-order valence-electron chi connectivity index (χ3n) is 6.25. The quantitative estimate of drug-likeness (QED) is 0.436. The van der Waals surface area contributed by atoms with Crippen LogP contribution in [0.15, 0.2) is 85.0 Å². The maximum atomic E-state index is 12.6. The first-order valence-corrected chi connectivity index (χ1v) is 11.4. The number of carbonyl (C=O) groups is 1. The van der Waals surface area contributed by atoms with Gasteiger partial charge in [-0.15, -0.1) is 0 Å². The van der Waals surface area contributed by atoms with Crippen LogP contribution in [0.25, 0.3) is 0 Å². The van der Waals surface area contributed by atoms with Crippen molar-refractivity contribution in [1.82, 2.24) is 5.32 Å². The number of hydrogen-bond acceptors (Lipinski definition) is 3. The van der Waals surface area contributed by atoms with E-state index < -0.39 is 0 Å². The second-order valence-corrected chi connectivity index (χ2v) is 10.3. The van der Waals surface area contributed by atoms with Gasteiger partial charge in [-0.25, -0.2) is 4.79 Å². The molecule has 1 N–H and O–H groups in total. The van der Waals surface area contributed by atoms with Gasteiger partial charge in [-0.1, -0.05) is 60.7 Å². The molecule has 166 valence electrons. The summed E-state index contributed by atoms with van der Waals surface area (Å²) >= 11 is 0. The molecule has 1 fully saturated rings. The highest BCUT2D eigenvalue weighted by atomic mass is 16.5. The molecular formula is C29H33NO2. The summed E-state index contributed by atoms with van der Waals surface area (Å²) in [7, 11) is 0. The number of rotatable bonds is 4. The Bertz CT molecular complexity index is 1010. The van der Waals surface area contributed by atoms with Crippen LogP contribution in [0.3, 0.4) is 0 Å². The monoisotopic (exact) mass is 427 g/mol. The van der Waals surface area contributed by atoms with Gasteiger partial charge in [0, 0.05) is 17.0 Å². The summed E-state index contributed by atoms with van der Waals surface area (Å²) in [6.45, 7) is 9.06. The molecule has 2 aromatic carbocycles. The van der Waals surface area contributed by atoms with Gasteiger partial charge >= 0.3 is 5.97 Å². The van der Waals surface area contributed by atoms with Crippen molar-refractivity contribution in [2.75, 3.05) is 0 Å². The molecule has 2 aliphatic rings. The molecule has 3 nitrogen and oxygen atoms in total. The third-order valence-corrected chi connectivity index (χ3v) is 6.25. The van der Waals surface area contributed by atoms with E-state index in [1.807, 2.05) is 60.7 Å². The average molecular weight is 428 g/mol. The van der Waals surface area contributed by atoms with Crippen molar-refractivity contribution in [2.24, 2.45) is 0 Å². The van der Waals surface area contributed by atoms with Crippen molar-refractivity contribution in [3.05, 3.63) is 102 Å². The number of benzene rings is 2. The van der Waals surface area contributed by atoms with E-state index in [2.05, 4.69) is 57.3 Å². The highest BCUT2D eigenvalue weighted by Gasteiger charge is 2.38. The Kier molecular flexibility index (Phi) is 6.21. The molecule has 1 heterocycles. The minimum Gasteiger partial charge on any atom is -0.423 e. The smallest absolute Gasteiger partial charge is 0.343 e. The van der Waals surface area contributed by atoms with Gasteiger partial charge in [0.1, 0.15) is 5.75 Å². The van der Waals surface area contributed by atoms with E-state index in [1.165, 1.54) is 5.56 Å². The van der Waals surface area contributed by atoms with Crippen LogP contribution >= 0.6 is 0 Å². The second kappa shape index (κ2) is 8.91. The fraction of sp³-hybridized carbons (Fsp3) is 0.345. The molecule has 1 saturated heterocycles. The molecule has 32 heavy (non-hydrogen) atoms. The summed E-state index contributed by atoms with van der Waals surface area (Å²) in [5.74, 6) is 0.950. The van der Waals surface area contributed by atoms with Gasteiger partial charge < -0.3 is 10.1 Å². The summed E-state index contributed by atoms with van der Waals surface area (Å²) in [6, 6.07) is 15.7. The fourth-order valence-electron chi connectivity index (χ4n) is 5.16. The number of carbonyl (C=O) groups excluding carboxylic acids is 1. The molecule has 2 aromatic rings. The SMILES string of the molecule is CC1(C)CC(c2ccc(OC(=O)c3ccc(C4C=CC=CC=C4)cc3)cc2)CC(C)(C)N1. The van der Waals surface area contributed by atoms with E-state index in [0.29, 0.717) is 17.2 Å². The van der Waals surface area contributed by atoms with E-state index in [-0.39, 0.29) is 23.0 Å². The Balaban J connectivity index is 1.41. The molecule has 0 amide bonds. The summed E-state index contributed by atoms with van der Waals surface area (Å²) in [4.78, 5) is 12.6. The molecule has 0 atom stereocenters. The van der Waals surface area contributed by atoms with Gasteiger partial charge in [0.05, 0.1) is 5.56 Å². The normalized spacial score (nSPS) is 20.1. The lowest BCUT2D eigenvalue weighted by molar-refractivity contribution is 0.0734. The van der Waals surface area contributed by atoms with Gasteiger partial charge in [0.2, 0.25) is 0 Å². The minimum atomic E-state index is -0.331. The lowest BCUT2D eigenvalue weighted by Crippen LogP contribution is -2.57. The number of hydrogen-bond donors (Lipinski definition) is 1. The van der Waals surface area contributed by atoms with E-state index in [4.69, 9.17) is 4.74 Å². The number of ether oxygens (including phenoxy) is 1. The van der Waals surface area contributed by atoms with Crippen molar-refractivity contribution in [3.63, 3.8) is 0 Å². The molecule has 4 rings (SSSR count). The number of allylic oxidation sites excluding steroid dienone is 6. The van der Waals surface area contributed by atoms with Crippen LogP contribution in [0.1, 0.15) is 73.9 Å².